The molecule has 0 bridgehead atoms. The summed E-state index contributed by atoms with van der Waals surface area (Å²) in [7, 11) is 1.99. The van der Waals surface area contributed by atoms with Crippen molar-refractivity contribution in [1.82, 2.24) is 14.7 Å². The van der Waals surface area contributed by atoms with Gasteiger partial charge in [0.25, 0.3) is 0 Å². The maximum absolute atomic E-state index is 4.27. The molecule has 0 amide bonds. The van der Waals surface area contributed by atoms with Gasteiger partial charge in [0.05, 0.1) is 6.20 Å². The van der Waals surface area contributed by atoms with Crippen LogP contribution >= 0.6 is 0 Å². The van der Waals surface area contributed by atoms with Gasteiger partial charge in [-0.1, -0.05) is 13.3 Å². The minimum atomic E-state index is 0.630. The number of aryl methyl sites for hydroxylation is 1. The summed E-state index contributed by atoms with van der Waals surface area (Å²) >= 11 is 0. The third kappa shape index (κ3) is 2.40. The van der Waals surface area contributed by atoms with Crippen molar-refractivity contribution in [1.29, 1.82) is 0 Å². The van der Waals surface area contributed by atoms with E-state index in [0.29, 0.717) is 6.04 Å². The molecule has 0 radical (unpaired) electrons. The van der Waals surface area contributed by atoms with E-state index in [9.17, 15) is 0 Å². The molecule has 2 heterocycles. The standard InChI is InChI=1S/C12H21N3/c1-3-4-7-15-8-5-6-12(15)11-9-13-14(2)10-11/h9-10,12H,3-8H2,1-2H3. The van der Waals surface area contributed by atoms with E-state index in [4.69, 9.17) is 0 Å². The third-order valence-electron chi connectivity index (χ3n) is 3.27. The van der Waals surface area contributed by atoms with Crippen LogP contribution in [0.25, 0.3) is 0 Å². The van der Waals surface area contributed by atoms with Crippen LogP contribution < -0.4 is 0 Å². The zero-order valence-corrected chi connectivity index (χ0v) is 9.82. The van der Waals surface area contributed by atoms with Crippen molar-refractivity contribution in [2.75, 3.05) is 13.1 Å². The van der Waals surface area contributed by atoms with Crippen molar-refractivity contribution in [3.63, 3.8) is 0 Å². The summed E-state index contributed by atoms with van der Waals surface area (Å²) in [6.07, 6.45) is 9.43. The first-order valence-electron chi connectivity index (χ1n) is 6.04. The van der Waals surface area contributed by atoms with Crippen molar-refractivity contribution in [2.45, 2.75) is 38.6 Å². The number of rotatable bonds is 4. The highest BCUT2D eigenvalue weighted by Crippen LogP contribution is 2.31. The van der Waals surface area contributed by atoms with Crippen molar-refractivity contribution in [2.24, 2.45) is 7.05 Å². The van der Waals surface area contributed by atoms with Crippen molar-refractivity contribution < 1.29 is 0 Å². The predicted molar refractivity (Wildman–Crippen MR) is 61.7 cm³/mol. The van der Waals surface area contributed by atoms with Crippen LogP contribution in [0.4, 0.5) is 0 Å². The molecule has 1 aromatic rings. The Kier molecular flexibility index (Phi) is 3.41. The van der Waals surface area contributed by atoms with E-state index in [-0.39, 0.29) is 0 Å². The lowest BCUT2D eigenvalue weighted by atomic mass is 10.1. The second-order valence-corrected chi connectivity index (χ2v) is 4.49. The predicted octanol–water partition coefficient (Wildman–Crippen LogP) is 2.36. The number of likely N-dealkylation sites (tertiary alicyclic amines) is 1. The molecule has 1 unspecified atom stereocenters. The van der Waals surface area contributed by atoms with Crippen LogP contribution in [0.1, 0.15) is 44.2 Å². The lowest BCUT2D eigenvalue weighted by molar-refractivity contribution is 0.253. The SMILES string of the molecule is CCCCN1CCCC1c1cnn(C)c1. The quantitative estimate of drug-likeness (QED) is 0.755. The van der Waals surface area contributed by atoms with Crippen LogP contribution in [0.15, 0.2) is 12.4 Å². The largest absolute Gasteiger partial charge is 0.296 e. The summed E-state index contributed by atoms with van der Waals surface area (Å²) < 4.78 is 1.91. The lowest BCUT2D eigenvalue weighted by Gasteiger charge is -2.23. The van der Waals surface area contributed by atoms with Gasteiger partial charge in [-0.25, -0.2) is 0 Å². The van der Waals surface area contributed by atoms with E-state index in [1.807, 2.05) is 17.9 Å². The fraction of sp³-hybridized carbons (Fsp3) is 0.750. The van der Waals surface area contributed by atoms with Crippen molar-refractivity contribution >= 4 is 0 Å². The van der Waals surface area contributed by atoms with Crippen LogP contribution in [0.3, 0.4) is 0 Å². The average molecular weight is 207 g/mol. The molecule has 1 saturated heterocycles. The number of hydrogen-bond acceptors (Lipinski definition) is 2. The number of hydrogen-bond donors (Lipinski definition) is 0. The zero-order chi connectivity index (χ0) is 10.7. The Morgan fingerprint density at radius 3 is 3.07 bits per heavy atom. The van der Waals surface area contributed by atoms with Gasteiger partial charge in [0.1, 0.15) is 0 Å². The van der Waals surface area contributed by atoms with Crippen LogP contribution in [-0.4, -0.2) is 27.8 Å². The topological polar surface area (TPSA) is 21.1 Å². The van der Waals surface area contributed by atoms with Crippen molar-refractivity contribution in [3.05, 3.63) is 18.0 Å². The molecule has 1 aliphatic heterocycles. The number of aromatic nitrogens is 2. The van der Waals surface area contributed by atoms with E-state index in [2.05, 4.69) is 23.1 Å². The number of nitrogens with zero attached hydrogens (tertiary/aromatic N) is 3. The first-order chi connectivity index (χ1) is 7.31. The average Bonchev–Trinajstić information content (AvgIpc) is 2.82. The molecule has 1 aliphatic rings. The molecule has 3 heteroatoms. The molecule has 1 aromatic heterocycles. The van der Waals surface area contributed by atoms with Crippen LogP contribution in [0, 0.1) is 0 Å². The monoisotopic (exact) mass is 207 g/mol. The van der Waals surface area contributed by atoms with Gasteiger partial charge in [-0.15, -0.1) is 0 Å². The zero-order valence-electron chi connectivity index (χ0n) is 9.82. The highest BCUT2D eigenvalue weighted by atomic mass is 15.3. The minimum Gasteiger partial charge on any atom is -0.296 e. The highest BCUT2D eigenvalue weighted by molar-refractivity contribution is 5.12. The second-order valence-electron chi connectivity index (χ2n) is 4.49. The van der Waals surface area contributed by atoms with E-state index in [0.717, 1.165) is 0 Å². The normalized spacial score (nSPS) is 22.4. The molecule has 0 aromatic carbocycles. The minimum absolute atomic E-state index is 0.630. The van der Waals surface area contributed by atoms with E-state index in [1.165, 1.54) is 44.3 Å². The lowest BCUT2D eigenvalue weighted by Crippen LogP contribution is -2.24. The van der Waals surface area contributed by atoms with Gasteiger partial charge < -0.3 is 0 Å². The molecule has 1 fully saturated rings. The van der Waals surface area contributed by atoms with E-state index < -0.39 is 0 Å². The van der Waals surface area contributed by atoms with Crippen LogP contribution in [0.2, 0.25) is 0 Å². The molecular weight excluding hydrogens is 186 g/mol. The summed E-state index contributed by atoms with van der Waals surface area (Å²) in [4.78, 5) is 2.61. The molecular formula is C12H21N3. The summed E-state index contributed by atoms with van der Waals surface area (Å²) in [5.41, 5.74) is 1.39. The number of unbranched alkanes of at least 4 members (excludes halogenated alkanes) is 1. The van der Waals surface area contributed by atoms with Gasteiger partial charge in [0.15, 0.2) is 0 Å². The second kappa shape index (κ2) is 4.79. The molecule has 0 aliphatic carbocycles. The maximum Gasteiger partial charge on any atom is 0.0537 e. The fourth-order valence-corrected chi connectivity index (χ4v) is 2.44. The first kappa shape index (κ1) is 10.7. The van der Waals surface area contributed by atoms with E-state index in [1.54, 1.807) is 0 Å². The fourth-order valence-electron chi connectivity index (χ4n) is 2.44. The molecule has 1 atom stereocenters. The van der Waals surface area contributed by atoms with Crippen molar-refractivity contribution in [3.8, 4) is 0 Å². The Morgan fingerprint density at radius 2 is 2.40 bits per heavy atom. The Labute approximate surface area is 92.1 Å². The van der Waals surface area contributed by atoms with Gasteiger partial charge in [-0.05, 0) is 32.4 Å². The third-order valence-corrected chi connectivity index (χ3v) is 3.27. The molecule has 15 heavy (non-hydrogen) atoms. The Hall–Kier alpha value is -0.830. The van der Waals surface area contributed by atoms with E-state index >= 15 is 0 Å². The van der Waals surface area contributed by atoms with Gasteiger partial charge in [0.2, 0.25) is 0 Å². The van der Waals surface area contributed by atoms with Gasteiger partial charge in [-0.3, -0.25) is 9.58 Å². The van der Waals surface area contributed by atoms with Crippen LogP contribution in [-0.2, 0) is 7.05 Å². The highest BCUT2D eigenvalue weighted by Gasteiger charge is 2.25. The van der Waals surface area contributed by atoms with Gasteiger partial charge in [-0.2, -0.15) is 5.10 Å². The molecule has 0 saturated carbocycles. The Morgan fingerprint density at radius 1 is 1.53 bits per heavy atom. The Bertz CT molecular complexity index is 306. The molecule has 0 N–H and O–H groups in total. The molecule has 0 spiro atoms. The summed E-state index contributed by atoms with van der Waals surface area (Å²) in [5, 5.41) is 4.27. The summed E-state index contributed by atoms with van der Waals surface area (Å²) in [5.74, 6) is 0. The van der Waals surface area contributed by atoms with Gasteiger partial charge >= 0.3 is 0 Å². The maximum atomic E-state index is 4.27. The first-order valence-corrected chi connectivity index (χ1v) is 6.04. The molecule has 3 nitrogen and oxygen atoms in total. The summed E-state index contributed by atoms with van der Waals surface area (Å²) in [6, 6.07) is 0.630. The molecule has 2 rings (SSSR count). The summed E-state index contributed by atoms with van der Waals surface area (Å²) in [6.45, 7) is 4.77. The van der Waals surface area contributed by atoms with Crippen LogP contribution in [0.5, 0.6) is 0 Å². The smallest absolute Gasteiger partial charge is 0.0537 e. The van der Waals surface area contributed by atoms with Gasteiger partial charge in [0, 0.05) is 24.8 Å². The Balaban J connectivity index is 2.01. The molecule has 84 valence electrons.